The second-order valence-corrected chi connectivity index (χ2v) is 6.59. The Morgan fingerprint density at radius 1 is 1.33 bits per heavy atom. The highest BCUT2D eigenvalue weighted by atomic mass is 35.5. The molecule has 2 heterocycles. The van der Waals surface area contributed by atoms with Gasteiger partial charge in [0.2, 0.25) is 0 Å². The zero-order chi connectivity index (χ0) is 12.9. The van der Waals surface area contributed by atoms with Gasteiger partial charge in [0.25, 0.3) is 0 Å². The first-order valence-electron chi connectivity index (χ1n) is 5.82. The van der Waals surface area contributed by atoms with Crippen molar-refractivity contribution in [1.29, 1.82) is 0 Å². The fourth-order valence-corrected chi connectivity index (χ4v) is 4.35. The van der Waals surface area contributed by atoms with Crippen LogP contribution in [0.1, 0.15) is 16.0 Å². The molecule has 1 aromatic carbocycles. The van der Waals surface area contributed by atoms with Crippen molar-refractivity contribution in [2.24, 2.45) is 0 Å². The Hall–Kier alpha value is -0.320. The van der Waals surface area contributed by atoms with E-state index < -0.39 is 0 Å². The van der Waals surface area contributed by atoms with Gasteiger partial charge in [-0.25, -0.2) is 0 Å². The molecule has 96 valence electrons. The average molecular weight is 302 g/mol. The summed E-state index contributed by atoms with van der Waals surface area (Å²) in [6.45, 7) is 1.89. The van der Waals surface area contributed by atoms with Gasteiger partial charge in [0, 0.05) is 28.4 Å². The van der Waals surface area contributed by atoms with E-state index >= 15 is 0 Å². The number of halogens is 2. The molecule has 18 heavy (non-hydrogen) atoms. The molecule has 5 heteroatoms. The third-order valence-electron chi connectivity index (χ3n) is 3.47. The van der Waals surface area contributed by atoms with Crippen LogP contribution in [0, 0.1) is 0 Å². The summed E-state index contributed by atoms with van der Waals surface area (Å²) in [7, 11) is 2.09. The van der Waals surface area contributed by atoms with Gasteiger partial charge in [0.1, 0.15) is 0 Å². The number of nitrogens with zero attached hydrogens (tertiary/aromatic N) is 1. The molecule has 2 aromatic rings. The Kier molecular flexibility index (Phi) is 3.28. The van der Waals surface area contributed by atoms with Crippen LogP contribution in [0.4, 0.5) is 0 Å². The molecule has 1 aromatic heterocycles. The van der Waals surface area contributed by atoms with Gasteiger partial charge < -0.3 is 10.0 Å². The maximum atomic E-state index is 9.52. The van der Waals surface area contributed by atoms with Gasteiger partial charge in [-0.3, -0.25) is 0 Å². The molecule has 0 bridgehead atoms. The molecule has 0 saturated heterocycles. The number of likely N-dealkylation sites (N-methyl/N-ethyl adjacent to an activating group) is 1. The molecule has 2 nitrogen and oxygen atoms in total. The van der Waals surface area contributed by atoms with E-state index in [2.05, 4.69) is 11.9 Å². The number of aliphatic hydroxyl groups is 1. The number of hydrogen-bond acceptors (Lipinski definition) is 3. The van der Waals surface area contributed by atoms with Crippen molar-refractivity contribution in [3.63, 3.8) is 0 Å². The molecule has 3 rings (SSSR count). The number of aliphatic hydroxyl groups excluding tert-OH is 1. The molecule has 0 saturated carbocycles. The van der Waals surface area contributed by atoms with Gasteiger partial charge in [-0.05, 0) is 30.7 Å². The minimum absolute atomic E-state index is 0.0654. The van der Waals surface area contributed by atoms with Crippen molar-refractivity contribution >= 4 is 44.6 Å². The summed E-state index contributed by atoms with van der Waals surface area (Å²) in [5.74, 6) is 0. The van der Waals surface area contributed by atoms with E-state index in [4.69, 9.17) is 23.2 Å². The Morgan fingerprint density at radius 3 is 2.83 bits per heavy atom. The van der Waals surface area contributed by atoms with E-state index in [1.54, 1.807) is 11.3 Å². The lowest BCUT2D eigenvalue weighted by molar-refractivity contribution is 0.280. The lowest BCUT2D eigenvalue weighted by Gasteiger charge is -2.13. The molecule has 1 aliphatic rings. The van der Waals surface area contributed by atoms with E-state index in [9.17, 15) is 5.11 Å². The molecule has 0 aliphatic carbocycles. The third kappa shape index (κ3) is 1.86. The maximum absolute atomic E-state index is 9.52. The van der Waals surface area contributed by atoms with Crippen LogP contribution in [0.3, 0.4) is 0 Å². The summed E-state index contributed by atoms with van der Waals surface area (Å²) in [6.07, 6.45) is 0.928. The third-order valence-corrected chi connectivity index (χ3v) is 5.46. The van der Waals surface area contributed by atoms with E-state index in [1.165, 1.54) is 16.5 Å². The normalized spacial score (nSPS) is 16.2. The van der Waals surface area contributed by atoms with Crippen molar-refractivity contribution < 1.29 is 5.11 Å². The fourth-order valence-electron chi connectivity index (χ4n) is 2.57. The minimum Gasteiger partial charge on any atom is -0.391 e. The SMILES string of the molecule is CN1CCc2c(Cl)cc(Cl)c3sc(CO)c(c23)C1. The highest BCUT2D eigenvalue weighted by molar-refractivity contribution is 7.20. The molecule has 0 spiro atoms. The van der Waals surface area contributed by atoms with Crippen LogP contribution >= 0.6 is 34.5 Å². The largest absolute Gasteiger partial charge is 0.391 e. The summed E-state index contributed by atoms with van der Waals surface area (Å²) in [5.41, 5.74) is 2.36. The fraction of sp³-hybridized carbons (Fsp3) is 0.385. The monoisotopic (exact) mass is 301 g/mol. The van der Waals surface area contributed by atoms with Crippen molar-refractivity contribution in [3.8, 4) is 0 Å². The molecule has 0 amide bonds. The second kappa shape index (κ2) is 4.66. The zero-order valence-corrected chi connectivity index (χ0v) is 12.3. The quantitative estimate of drug-likeness (QED) is 0.868. The van der Waals surface area contributed by atoms with Gasteiger partial charge in [-0.1, -0.05) is 23.2 Å². The van der Waals surface area contributed by atoms with Crippen LogP contribution in [0.25, 0.3) is 10.1 Å². The van der Waals surface area contributed by atoms with Crippen molar-refractivity contribution in [3.05, 3.63) is 32.1 Å². The average Bonchev–Trinajstić information content (AvgIpc) is 2.59. The van der Waals surface area contributed by atoms with Gasteiger partial charge in [0.05, 0.1) is 16.3 Å². The molecule has 0 atom stereocenters. The summed E-state index contributed by atoms with van der Waals surface area (Å²) >= 11 is 14.2. The second-order valence-electron chi connectivity index (χ2n) is 4.67. The first-order valence-corrected chi connectivity index (χ1v) is 7.39. The summed E-state index contributed by atoms with van der Waals surface area (Å²) in [5, 5.41) is 12.1. The Balaban J connectivity index is 2.40. The van der Waals surface area contributed by atoms with Crippen molar-refractivity contribution in [2.45, 2.75) is 19.6 Å². The minimum atomic E-state index is 0.0654. The Labute approximate surface area is 120 Å². The molecule has 1 aliphatic heterocycles. The van der Waals surface area contributed by atoms with Crippen LogP contribution in [-0.4, -0.2) is 23.6 Å². The summed E-state index contributed by atoms with van der Waals surface area (Å²) in [6, 6.07) is 1.83. The summed E-state index contributed by atoms with van der Waals surface area (Å²) < 4.78 is 1.06. The van der Waals surface area contributed by atoms with Crippen LogP contribution in [-0.2, 0) is 19.6 Å². The topological polar surface area (TPSA) is 23.5 Å². The predicted molar refractivity (Wildman–Crippen MR) is 77.8 cm³/mol. The highest BCUT2D eigenvalue weighted by Crippen LogP contribution is 2.43. The van der Waals surface area contributed by atoms with E-state index in [0.29, 0.717) is 5.02 Å². The molecule has 0 radical (unpaired) electrons. The zero-order valence-electron chi connectivity index (χ0n) is 9.96. The number of benzene rings is 1. The molecule has 0 fully saturated rings. The molecular weight excluding hydrogens is 289 g/mol. The van der Waals surface area contributed by atoms with E-state index in [-0.39, 0.29) is 6.61 Å². The first-order chi connectivity index (χ1) is 8.61. The smallest absolute Gasteiger partial charge is 0.0778 e. The van der Waals surface area contributed by atoms with Crippen LogP contribution < -0.4 is 0 Å². The highest BCUT2D eigenvalue weighted by Gasteiger charge is 2.23. The summed E-state index contributed by atoms with van der Waals surface area (Å²) in [4.78, 5) is 3.26. The van der Waals surface area contributed by atoms with E-state index in [0.717, 1.165) is 34.1 Å². The van der Waals surface area contributed by atoms with Crippen LogP contribution in [0.15, 0.2) is 6.07 Å². The first kappa shape index (κ1) is 12.7. The lowest BCUT2D eigenvalue weighted by Crippen LogP contribution is -2.18. The molecule has 0 unspecified atom stereocenters. The Bertz CT molecular complexity index is 623. The van der Waals surface area contributed by atoms with Gasteiger partial charge in [-0.15, -0.1) is 11.3 Å². The van der Waals surface area contributed by atoms with Gasteiger partial charge in [-0.2, -0.15) is 0 Å². The number of hydrogen-bond donors (Lipinski definition) is 1. The lowest BCUT2D eigenvalue weighted by atomic mass is 10.0. The standard InChI is InChI=1S/C13H13Cl2NOS/c1-16-3-2-7-9(14)4-10(15)13-12(7)8(5-16)11(6-17)18-13/h4,17H,2-3,5-6H2,1H3. The van der Waals surface area contributed by atoms with Crippen molar-refractivity contribution in [1.82, 2.24) is 4.90 Å². The van der Waals surface area contributed by atoms with Gasteiger partial charge >= 0.3 is 0 Å². The van der Waals surface area contributed by atoms with Crippen molar-refractivity contribution in [2.75, 3.05) is 13.6 Å². The van der Waals surface area contributed by atoms with E-state index in [1.807, 2.05) is 6.07 Å². The number of rotatable bonds is 1. The van der Waals surface area contributed by atoms with Gasteiger partial charge in [0.15, 0.2) is 0 Å². The predicted octanol–water partition coefficient (Wildman–Crippen LogP) is 3.69. The molecular formula is C13H13Cl2NOS. The number of thiophene rings is 1. The molecule has 1 N–H and O–H groups in total. The van der Waals surface area contributed by atoms with Crippen LogP contribution in [0.2, 0.25) is 10.0 Å². The van der Waals surface area contributed by atoms with Crippen LogP contribution in [0.5, 0.6) is 0 Å². The maximum Gasteiger partial charge on any atom is 0.0778 e. The Morgan fingerprint density at radius 2 is 2.11 bits per heavy atom.